The van der Waals surface area contributed by atoms with Gasteiger partial charge < -0.3 is 4.74 Å². The fourth-order valence-electron chi connectivity index (χ4n) is 1.51. The van der Waals surface area contributed by atoms with Gasteiger partial charge in [0.15, 0.2) is 5.78 Å². The van der Waals surface area contributed by atoms with E-state index in [-0.39, 0.29) is 11.8 Å². The molecular formula is C15H18O3. The van der Waals surface area contributed by atoms with E-state index in [2.05, 4.69) is 0 Å². The summed E-state index contributed by atoms with van der Waals surface area (Å²) in [6, 6.07) is 7.20. The Morgan fingerprint density at radius 1 is 1.17 bits per heavy atom. The van der Waals surface area contributed by atoms with E-state index in [0.717, 1.165) is 12.0 Å². The second-order valence-corrected chi connectivity index (χ2v) is 3.88. The van der Waals surface area contributed by atoms with Gasteiger partial charge in [-0.2, -0.15) is 0 Å². The van der Waals surface area contributed by atoms with Crippen LogP contribution in [0.5, 0.6) is 0 Å². The van der Waals surface area contributed by atoms with Gasteiger partial charge in [0.2, 0.25) is 0 Å². The molecule has 96 valence electrons. The number of rotatable bonds is 6. The van der Waals surface area contributed by atoms with Crippen molar-refractivity contribution in [1.29, 1.82) is 0 Å². The standard InChI is InChI=1S/C15H18O3/c1-3-5-14(16)13-9-6-12(7-10-13)8-11-15(17)18-4-2/h6-11H,3-5H2,1-2H3. The minimum absolute atomic E-state index is 0.151. The van der Waals surface area contributed by atoms with Gasteiger partial charge in [-0.3, -0.25) is 4.79 Å². The number of hydrogen-bond donors (Lipinski definition) is 0. The molecule has 0 radical (unpaired) electrons. The first kappa shape index (κ1) is 14.2. The van der Waals surface area contributed by atoms with Crippen molar-refractivity contribution in [2.75, 3.05) is 6.61 Å². The molecule has 0 heterocycles. The summed E-state index contributed by atoms with van der Waals surface area (Å²) in [6.07, 6.45) is 4.47. The summed E-state index contributed by atoms with van der Waals surface area (Å²) in [5.74, 6) is -0.206. The van der Waals surface area contributed by atoms with Crippen molar-refractivity contribution >= 4 is 17.8 Å². The quantitative estimate of drug-likeness (QED) is 0.439. The lowest BCUT2D eigenvalue weighted by Crippen LogP contribution is -1.99. The molecule has 1 rings (SSSR count). The van der Waals surface area contributed by atoms with Crippen LogP contribution in [0.15, 0.2) is 30.3 Å². The average Bonchev–Trinajstić information content (AvgIpc) is 2.37. The maximum atomic E-state index is 11.6. The van der Waals surface area contributed by atoms with Crippen molar-refractivity contribution in [3.8, 4) is 0 Å². The Morgan fingerprint density at radius 3 is 2.39 bits per heavy atom. The van der Waals surface area contributed by atoms with Gasteiger partial charge in [-0.15, -0.1) is 0 Å². The topological polar surface area (TPSA) is 43.4 Å². The first-order chi connectivity index (χ1) is 8.67. The second kappa shape index (κ2) is 7.43. The molecule has 0 spiro atoms. The summed E-state index contributed by atoms with van der Waals surface area (Å²) in [4.78, 5) is 22.7. The van der Waals surface area contributed by atoms with Gasteiger partial charge in [-0.25, -0.2) is 4.79 Å². The van der Waals surface area contributed by atoms with E-state index in [4.69, 9.17) is 4.74 Å². The molecule has 0 saturated carbocycles. The Labute approximate surface area is 107 Å². The van der Waals surface area contributed by atoms with Crippen LogP contribution in [0, 0.1) is 0 Å². The van der Waals surface area contributed by atoms with E-state index in [1.54, 1.807) is 25.1 Å². The summed E-state index contributed by atoms with van der Waals surface area (Å²) in [6.45, 7) is 4.11. The Bertz CT molecular complexity index is 430. The Hall–Kier alpha value is -1.90. The van der Waals surface area contributed by atoms with E-state index < -0.39 is 0 Å². The molecule has 0 aliphatic rings. The number of carbonyl (C=O) groups excluding carboxylic acids is 2. The van der Waals surface area contributed by atoms with Crippen LogP contribution in [0.2, 0.25) is 0 Å². The van der Waals surface area contributed by atoms with Crippen LogP contribution >= 0.6 is 0 Å². The minimum atomic E-state index is -0.358. The molecule has 1 aromatic rings. The SMILES string of the molecule is CCCC(=O)c1ccc(C=CC(=O)OCC)cc1. The highest BCUT2D eigenvalue weighted by Crippen LogP contribution is 2.09. The summed E-state index contributed by atoms with van der Waals surface area (Å²) in [7, 11) is 0. The zero-order chi connectivity index (χ0) is 13.4. The van der Waals surface area contributed by atoms with E-state index in [0.29, 0.717) is 18.6 Å². The zero-order valence-corrected chi connectivity index (χ0v) is 10.8. The molecule has 0 aliphatic carbocycles. The third-order valence-corrected chi connectivity index (χ3v) is 2.41. The number of ketones is 1. The molecule has 0 fully saturated rings. The lowest BCUT2D eigenvalue weighted by Gasteiger charge is -2.00. The van der Waals surface area contributed by atoms with Crippen molar-refractivity contribution in [3.63, 3.8) is 0 Å². The van der Waals surface area contributed by atoms with Crippen molar-refractivity contribution in [1.82, 2.24) is 0 Å². The molecular weight excluding hydrogens is 228 g/mol. The van der Waals surface area contributed by atoms with Gasteiger partial charge in [0.1, 0.15) is 0 Å². The first-order valence-electron chi connectivity index (χ1n) is 6.15. The third kappa shape index (κ3) is 4.53. The Balaban J connectivity index is 2.65. The van der Waals surface area contributed by atoms with Crippen LogP contribution in [-0.2, 0) is 9.53 Å². The second-order valence-electron chi connectivity index (χ2n) is 3.88. The fourth-order valence-corrected chi connectivity index (χ4v) is 1.51. The summed E-state index contributed by atoms with van der Waals surface area (Å²) in [5.41, 5.74) is 1.58. The number of ether oxygens (including phenoxy) is 1. The highest BCUT2D eigenvalue weighted by molar-refractivity contribution is 5.96. The van der Waals surface area contributed by atoms with Crippen LogP contribution in [-0.4, -0.2) is 18.4 Å². The Kier molecular flexibility index (Phi) is 5.85. The maximum absolute atomic E-state index is 11.6. The molecule has 3 nitrogen and oxygen atoms in total. The van der Waals surface area contributed by atoms with Crippen molar-refractivity contribution in [2.45, 2.75) is 26.7 Å². The smallest absolute Gasteiger partial charge is 0.330 e. The lowest BCUT2D eigenvalue weighted by atomic mass is 10.0. The predicted molar refractivity (Wildman–Crippen MR) is 71.3 cm³/mol. The van der Waals surface area contributed by atoms with Gasteiger partial charge in [0.05, 0.1) is 6.61 Å². The van der Waals surface area contributed by atoms with Gasteiger partial charge in [0.25, 0.3) is 0 Å². The molecule has 0 bridgehead atoms. The first-order valence-corrected chi connectivity index (χ1v) is 6.15. The van der Waals surface area contributed by atoms with Crippen LogP contribution in [0.25, 0.3) is 6.08 Å². The Morgan fingerprint density at radius 2 is 1.83 bits per heavy atom. The van der Waals surface area contributed by atoms with E-state index in [9.17, 15) is 9.59 Å². The van der Waals surface area contributed by atoms with Crippen LogP contribution < -0.4 is 0 Å². The van der Waals surface area contributed by atoms with E-state index in [1.165, 1.54) is 6.08 Å². The van der Waals surface area contributed by atoms with Gasteiger partial charge in [0, 0.05) is 18.1 Å². The monoisotopic (exact) mass is 246 g/mol. The number of hydrogen-bond acceptors (Lipinski definition) is 3. The largest absolute Gasteiger partial charge is 0.463 e. The van der Waals surface area contributed by atoms with Crippen LogP contribution in [0.3, 0.4) is 0 Å². The molecule has 0 atom stereocenters. The number of carbonyl (C=O) groups is 2. The zero-order valence-electron chi connectivity index (χ0n) is 10.8. The molecule has 18 heavy (non-hydrogen) atoms. The molecule has 0 amide bonds. The highest BCUT2D eigenvalue weighted by atomic mass is 16.5. The predicted octanol–water partition coefficient (Wildman–Crippen LogP) is 3.25. The number of Topliss-reactive ketones (excluding diaryl/α,β-unsaturated/α-hetero) is 1. The van der Waals surface area contributed by atoms with Crippen molar-refractivity contribution in [3.05, 3.63) is 41.5 Å². The molecule has 0 unspecified atom stereocenters. The lowest BCUT2D eigenvalue weighted by molar-refractivity contribution is -0.137. The number of benzene rings is 1. The molecule has 0 saturated heterocycles. The highest BCUT2D eigenvalue weighted by Gasteiger charge is 2.03. The molecule has 1 aromatic carbocycles. The fraction of sp³-hybridized carbons (Fsp3) is 0.333. The van der Waals surface area contributed by atoms with Crippen LogP contribution in [0.1, 0.15) is 42.6 Å². The summed E-state index contributed by atoms with van der Waals surface area (Å²) < 4.78 is 4.78. The van der Waals surface area contributed by atoms with Crippen LogP contribution in [0.4, 0.5) is 0 Å². The molecule has 0 N–H and O–H groups in total. The third-order valence-electron chi connectivity index (χ3n) is 2.41. The van der Waals surface area contributed by atoms with Gasteiger partial charge in [-0.05, 0) is 25.0 Å². The summed E-state index contributed by atoms with van der Waals surface area (Å²) >= 11 is 0. The van der Waals surface area contributed by atoms with E-state index >= 15 is 0 Å². The maximum Gasteiger partial charge on any atom is 0.330 e. The van der Waals surface area contributed by atoms with Crippen molar-refractivity contribution in [2.24, 2.45) is 0 Å². The average molecular weight is 246 g/mol. The van der Waals surface area contributed by atoms with E-state index in [1.807, 2.05) is 19.1 Å². The molecule has 3 heteroatoms. The summed E-state index contributed by atoms with van der Waals surface area (Å²) in [5, 5.41) is 0. The van der Waals surface area contributed by atoms with Gasteiger partial charge in [-0.1, -0.05) is 31.2 Å². The van der Waals surface area contributed by atoms with Gasteiger partial charge >= 0.3 is 5.97 Å². The molecule has 0 aliphatic heterocycles. The van der Waals surface area contributed by atoms with Crippen molar-refractivity contribution < 1.29 is 14.3 Å². The normalized spacial score (nSPS) is 10.6. The molecule has 0 aromatic heterocycles. The minimum Gasteiger partial charge on any atom is -0.463 e. The number of esters is 1.